The molecule has 1 aromatic carbocycles. The number of piperazine rings is 1. The Hall–Kier alpha value is -1.26. The Kier molecular flexibility index (Phi) is 4.68. The van der Waals surface area contributed by atoms with Crippen LogP contribution in [0.5, 0.6) is 11.5 Å². The first-order chi connectivity index (χ1) is 11.8. The average molecular weight is 330 g/mol. The number of ether oxygens (including phenoxy) is 2. The first-order valence-electron chi connectivity index (χ1n) is 9.44. The third kappa shape index (κ3) is 3.02. The van der Waals surface area contributed by atoms with Crippen LogP contribution in [-0.2, 0) is 6.54 Å². The zero-order valence-electron chi connectivity index (χ0n) is 15.0. The lowest BCUT2D eigenvalue weighted by atomic mass is 9.93. The fraction of sp³-hybridized carbons (Fsp3) is 0.700. The van der Waals surface area contributed by atoms with Crippen molar-refractivity contribution in [2.75, 3.05) is 40.4 Å². The minimum Gasteiger partial charge on any atom is -0.493 e. The Bertz CT molecular complexity index is 569. The van der Waals surface area contributed by atoms with Crippen LogP contribution >= 0.6 is 0 Å². The van der Waals surface area contributed by atoms with E-state index in [1.54, 1.807) is 14.2 Å². The van der Waals surface area contributed by atoms with Crippen LogP contribution in [-0.4, -0.2) is 56.2 Å². The Morgan fingerprint density at radius 2 is 1.83 bits per heavy atom. The first kappa shape index (κ1) is 16.2. The quantitative estimate of drug-likeness (QED) is 0.828. The molecule has 24 heavy (non-hydrogen) atoms. The fourth-order valence-corrected chi connectivity index (χ4v) is 5.23. The Morgan fingerprint density at radius 3 is 2.46 bits per heavy atom. The van der Waals surface area contributed by atoms with Crippen LogP contribution in [0.4, 0.5) is 0 Å². The maximum Gasteiger partial charge on any atom is 0.165 e. The van der Waals surface area contributed by atoms with Crippen molar-refractivity contribution in [2.45, 2.75) is 38.3 Å². The fourth-order valence-electron chi connectivity index (χ4n) is 5.23. The van der Waals surface area contributed by atoms with Crippen molar-refractivity contribution in [3.63, 3.8) is 0 Å². The molecule has 0 N–H and O–H groups in total. The van der Waals surface area contributed by atoms with E-state index in [9.17, 15) is 0 Å². The van der Waals surface area contributed by atoms with Crippen molar-refractivity contribution in [3.05, 3.63) is 23.8 Å². The van der Waals surface area contributed by atoms with E-state index >= 15 is 0 Å². The van der Waals surface area contributed by atoms with Gasteiger partial charge in [-0.25, -0.2) is 0 Å². The normalized spacial score (nSPS) is 30.7. The van der Waals surface area contributed by atoms with E-state index < -0.39 is 0 Å². The van der Waals surface area contributed by atoms with E-state index in [-0.39, 0.29) is 0 Å². The molecular formula is C20H30N2O2. The molecule has 0 spiro atoms. The molecule has 1 aromatic rings. The van der Waals surface area contributed by atoms with Gasteiger partial charge in [0.1, 0.15) is 0 Å². The van der Waals surface area contributed by atoms with Gasteiger partial charge in [-0.2, -0.15) is 0 Å². The van der Waals surface area contributed by atoms with Gasteiger partial charge in [-0.1, -0.05) is 18.6 Å². The number of methoxy groups -OCH3 is 2. The van der Waals surface area contributed by atoms with Crippen molar-refractivity contribution in [1.82, 2.24) is 9.80 Å². The highest BCUT2D eigenvalue weighted by Crippen LogP contribution is 2.46. The summed E-state index contributed by atoms with van der Waals surface area (Å²) in [5.74, 6) is 3.75. The largest absolute Gasteiger partial charge is 0.493 e. The molecule has 2 bridgehead atoms. The van der Waals surface area contributed by atoms with Crippen molar-refractivity contribution in [1.29, 1.82) is 0 Å². The topological polar surface area (TPSA) is 24.9 Å². The molecular weight excluding hydrogens is 300 g/mol. The zero-order valence-corrected chi connectivity index (χ0v) is 15.0. The molecule has 1 saturated heterocycles. The monoisotopic (exact) mass is 330 g/mol. The summed E-state index contributed by atoms with van der Waals surface area (Å²) in [6.07, 6.45) is 5.95. The average Bonchev–Trinajstić information content (AvgIpc) is 3.25. The minimum absolute atomic E-state index is 0.829. The minimum atomic E-state index is 0.829. The smallest absolute Gasteiger partial charge is 0.165 e. The first-order valence-corrected chi connectivity index (χ1v) is 9.44. The van der Waals surface area contributed by atoms with E-state index in [1.807, 2.05) is 6.07 Å². The number of hydrogen-bond donors (Lipinski definition) is 0. The molecule has 1 aliphatic heterocycles. The highest BCUT2D eigenvalue weighted by Gasteiger charge is 2.42. The van der Waals surface area contributed by atoms with Gasteiger partial charge in [-0.15, -0.1) is 0 Å². The molecule has 2 aliphatic carbocycles. The molecule has 2 saturated carbocycles. The van der Waals surface area contributed by atoms with Crippen molar-refractivity contribution < 1.29 is 9.47 Å². The molecule has 4 nitrogen and oxygen atoms in total. The summed E-state index contributed by atoms with van der Waals surface area (Å²) in [4.78, 5) is 5.34. The van der Waals surface area contributed by atoms with Crippen LogP contribution in [0.2, 0.25) is 0 Å². The van der Waals surface area contributed by atoms with Crippen LogP contribution in [0.1, 0.15) is 31.2 Å². The lowest BCUT2D eigenvalue weighted by molar-refractivity contribution is 0.0676. The van der Waals surface area contributed by atoms with Gasteiger partial charge in [0.2, 0.25) is 0 Å². The summed E-state index contributed by atoms with van der Waals surface area (Å²) in [5.41, 5.74) is 1.23. The van der Waals surface area contributed by atoms with Crippen LogP contribution < -0.4 is 9.47 Å². The lowest BCUT2D eigenvalue weighted by Gasteiger charge is -2.41. The Labute approximate surface area is 145 Å². The number of rotatable bonds is 5. The Balaban J connectivity index is 1.35. The van der Waals surface area contributed by atoms with Crippen molar-refractivity contribution >= 4 is 0 Å². The van der Waals surface area contributed by atoms with Gasteiger partial charge in [-0.3, -0.25) is 9.80 Å². The standard InChI is InChI=1S/C20H30N2O2/c1-23-19-5-3-4-17(20(19)24-2)14-21-8-10-22(11-9-21)18-13-15-6-7-16(18)12-15/h3-5,15-16,18H,6-14H2,1-2H3/t15-,16-,18-/m1/s1. The van der Waals surface area contributed by atoms with E-state index in [0.29, 0.717) is 0 Å². The predicted octanol–water partition coefficient (Wildman–Crippen LogP) is 3.01. The number of hydrogen-bond acceptors (Lipinski definition) is 4. The summed E-state index contributed by atoms with van der Waals surface area (Å²) < 4.78 is 11.0. The molecule has 0 radical (unpaired) electrons. The van der Waals surface area contributed by atoms with Gasteiger partial charge in [0, 0.05) is 44.3 Å². The molecule has 3 aliphatic rings. The molecule has 1 heterocycles. The molecule has 132 valence electrons. The molecule has 0 amide bonds. The van der Waals surface area contributed by atoms with Gasteiger partial charge >= 0.3 is 0 Å². The summed E-state index contributed by atoms with van der Waals surface area (Å²) in [5, 5.41) is 0. The summed E-state index contributed by atoms with van der Waals surface area (Å²) in [6.45, 7) is 5.72. The van der Waals surface area contributed by atoms with Gasteiger partial charge in [0.15, 0.2) is 11.5 Å². The van der Waals surface area contributed by atoms with Gasteiger partial charge in [0.05, 0.1) is 14.2 Å². The van der Waals surface area contributed by atoms with E-state index in [1.165, 1.54) is 44.3 Å². The maximum atomic E-state index is 5.58. The van der Waals surface area contributed by atoms with Crippen LogP contribution in [0.15, 0.2) is 18.2 Å². The molecule has 4 rings (SSSR count). The van der Waals surface area contributed by atoms with Crippen molar-refractivity contribution in [2.24, 2.45) is 11.8 Å². The molecule has 4 heteroatoms. The van der Waals surface area contributed by atoms with Crippen molar-refractivity contribution in [3.8, 4) is 11.5 Å². The van der Waals surface area contributed by atoms with Gasteiger partial charge in [0.25, 0.3) is 0 Å². The summed E-state index contributed by atoms with van der Waals surface area (Å²) >= 11 is 0. The number of nitrogens with zero attached hydrogens (tertiary/aromatic N) is 2. The third-order valence-corrected chi connectivity index (χ3v) is 6.46. The number of para-hydroxylation sites is 1. The second kappa shape index (κ2) is 6.93. The third-order valence-electron chi connectivity index (χ3n) is 6.46. The molecule has 0 aromatic heterocycles. The second-order valence-electron chi connectivity index (χ2n) is 7.71. The highest BCUT2D eigenvalue weighted by atomic mass is 16.5. The van der Waals surface area contributed by atoms with Gasteiger partial charge < -0.3 is 9.47 Å². The van der Waals surface area contributed by atoms with E-state index in [0.717, 1.165) is 49.0 Å². The SMILES string of the molecule is COc1cccc(CN2CCN([C@@H]3C[C@@H]4CC[C@@H]3C4)CC2)c1OC. The molecule has 3 fully saturated rings. The van der Waals surface area contributed by atoms with Crippen LogP contribution in [0, 0.1) is 11.8 Å². The summed E-state index contributed by atoms with van der Waals surface area (Å²) in [7, 11) is 3.43. The second-order valence-corrected chi connectivity index (χ2v) is 7.71. The zero-order chi connectivity index (χ0) is 16.5. The predicted molar refractivity (Wildman–Crippen MR) is 95.6 cm³/mol. The van der Waals surface area contributed by atoms with Gasteiger partial charge in [-0.05, 0) is 37.2 Å². The summed E-state index contributed by atoms with van der Waals surface area (Å²) in [6, 6.07) is 7.07. The molecule has 3 atom stereocenters. The maximum absolute atomic E-state index is 5.58. The number of fused-ring (bicyclic) bond motifs is 2. The number of benzene rings is 1. The lowest BCUT2D eigenvalue weighted by Crippen LogP contribution is -2.51. The van der Waals surface area contributed by atoms with Crippen LogP contribution in [0.25, 0.3) is 0 Å². The van der Waals surface area contributed by atoms with E-state index in [2.05, 4.69) is 21.9 Å². The molecule has 0 unspecified atom stereocenters. The van der Waals surface area contributed by atoms with Crippen LogP contribution in [0.3, 0.4) is 0 Å². The van der Waals surface area contributed by atoms with E-state index in [4.69, 9.17) is 9.47 Å². The Morgan fingerprint density at radius 1 is 1.00 bits per heavy atom. The highest BCUT2D eigenvalue weighted by molar-refractivity contribution is 5.46.